The van der Waals surface area contributed by atoms with Crippen LogP contribution in [0.15, 0.2) is 0 Å². The van der Waals surface area contributed by atoms with Crippen LogP contribution in [0.4, 0.5) is 8.78 Å². The smallest absolute Gasteiger partial charge is 0.131 e. The van der Waals surface area contributed by atoms with E-state index in [-0.39, 0.29) is 5.92 Å². The summed E-state index contributed by atoms with van der Waals surface area (Å²) >= 11 is 0. The first-order chi connectivity index (χ1) is 4.24. The van der Waals surface area contributed by atoms with Gasteiger partial charge in [0.25, 0.3) is 0 Å². The van der Waals surface area contributed by atoms with E-state index in [9.17, 15) is 8.78 Å². The molecule has 0 saturated heterocycles. The van der Waals surface area contributed by atoms with Crippen molar-refractivity contribution in [1.29, 1.82) is 0 Å². The van der Waals surface area contributed by atoms with Gasteiger partial charge < -0.3 is 0 Å². The molecule has 1 rings (SSSR count). The van der Waals surface area contributed by atoms with Crippen molar-refractivity contribution >= 4 is 9.24 Å². The lowest BCUT2D eigenvalue weighted by Crippen LogP contribution is -2.06. The van der Waals surface area contributed by atoms with Gasteiger partial charge >= 0.3 is 0 Å². The van der Waals surface area contributed by atoms with E-state index in [1.807, 2.05) is 0 Å². The molecule has 0 nitrogen and oxygen atoms in total. The first-order valence-corrected chi connectivity index (χ1v) is 4.04. The quantitative estimate of drug-likeness (QED) is 0.504. The molecule has 1 fully saturated rings. The third-order valence-electron chi connectivity index (χ3n) is 1.84. The van der Waals surface area contributed by atoms with Gasteiger partial charge in [0.05, 0.1) is 0 Å². The van der Waals surface area contributed by atoms with E-state index < -0.39 is 12.3 Å². The number of hydrogen-bond acceptors (Lipinski definition) is 0. The molecule has 4 atom stereocenters. The average molecular weight is 152 g/mol. The van der Waals surface area contributed by atoms with Crippen LogP contribution in [0.5, 0.6) is 0 Å². The van der Waals surface area contributed by atoms with Gasteiger partial charge in [-0.15, -0.1) is 9.24 Å². The molecule has 0 aliphatic heterocycles. The fourth-order valence-electron chi connectivity index (χ4n) is 1.22. The summed E-state index contributed by atoms with van der Waals surface area (Å²) in [5.74, 6) is 0.264. The summed E-state index contributed by atoms with van der Waals surface area (Å²) in [7, 11) is 2.52. The molecule has 0 aromatic rings. The van der Waals surface area contributed by atoms with Gasteiger partial charge in [0.2, 0.25) is 0 Å². The Morgan fingerprint density at radius 3 is 1.89 bits per heavy atom. The predicted octanol–water partition coefficient (Wildman–Crippen LogP) is 1.95. The van der Waals surface area contributed by atoms with E-state index in [2.05, 4.69) is 9.24 Å². The van der Waals surface area contributed by atoms with Gasteiger partial charge in [-0.2, -0.15) is 0 Å². The summed E-state index contributed by atoms with van der Waals surface area (Å²) < 4.78 is 24.7. The van der Waals surface area contributed by atoms with Crippen LogP contribution in [0.2, 0.25) is 0 Å². The van der Waals surface area contributed by atoms with Crippen LogP contribution in [0.3, 0.4) is 0 Å². The minimum absolute atomic E-state index is 0.264. The van der Waals surface area contributed by atoms with Crippen molar-refractivity contribution in [3.8, 4) is 0 Å². The lowest BCUT2D eigenvalue weighted by molar-refractivity contribution is 0.199. The molecule has 0 N–H and O–H groups in total. The Hall–Kier alpha value is 0.290. The minimum atomic E-state index is -1.18. The predicted molar refractivity (Wildman–Crippen MR) is 37.1 cm³/mol. The van der Waals surface area contributed by atoms with Gasteiger partial charge in [-0.3, -0.25) is 0 Å². The molecule has 0 aromatic heterocycles. The normalized spacial score (nSPS) is 43.7. The molecule has 0 aromatic carbocycles. The zero-order valence-corrected chi connectivity index (χ0v) is 6.34. The van der Waals surface area contributed by atoms with E-state index in [1.165, 1.54) is 0 Å². The summed E-state index contributed by atoms with van der Waals surface area (Å²) in [5, 5.41) is 0. The second-order valence-corrected chi connectivity index (χ2v) is 3.08. The zero-order valence-electron chi connectivity index (χ0n) is 5.19. The number of alkyl halides is 2. The summed E-state index contributed by atoms with van der Waals surface area (Å²) in [6, 6.07) is 0. The van der Waals surface area contributed by atoms with Crippen molar-refractivity contribution in [2.24, 2.45) is 5.92 Å². The highest BCUT2D eigenvalue weighted by Gasteiger charge is 2.33. The van der Waals surface area contributed by atoms with Crippen LogP contribution in [0.25, 0.3) is 0 Å². The van der Waals surface area contributed by atoms with E-state index in [4.69, 9.17) is 0 Å². The highest BCUT2D eigenvalue weighted by molar-refractivity contribution is 7.16. The van der Waals surface area contributed by atoms with Gasteiger partial charge in [-0.05, 0) is 24.9 Å². The molecule has 1 aliphatic carbocycles. The Morgan fingerprint density at radius 2 is 1.67 bits per heavy atom. The van der Waals surface area contributed by atoms with Crippen molar-refractivity contribution in [2.45, 2.75) is 25.2 Å². The molecule has 0 heterocycles. The molecule has 1 saturated carbocycles. The second-order valence-electron chi connectivity index (χ2n) is 2.61. The number of hydrogen-bond donors (Lipinski definition) is 0. The van der Waals surface area contributed by atoms with Crippen LogP contribution in [-0.2, 0) is 0 Å². The number of rotatable bonds is 1. The Morgan fingerprint density at radius 1 is 1.22 bits per heavy atom. The third-order valence-corrected chi connectivity index (χ3v) is 2.51. The molecule has 0 amide bonds. The molecule has 54 valence electrons. The number of halogens is 2. The average Bonchev–Trinajstić information content (AvgIpc) is 2.13. The van der Waals surface area contributed by atoms with Gasteiger partial charge in [-0.25, -0.2) is 8.78 Å². The van der Waals surface area contributed by atoms with E-state index in [0.717, 1.165) is 6.16 Å². The SMILES string of the molecule is F[C@@H]1C[C@H](CP)C[C@@H]1F. The first kappa shape index (κ1) is 7.40. The van der Waals surface area contributed by atoms with Crippen LogP contribution >= 0.6 is 9.24 Å². The van der Waals surface area contributed by atoms with Crippen LogP contribution < -0.4 is 0 Å². The fourth-order valence-corrected chi connectivity index (χ4v) is 1.61. The van der Waals surface area contributed by atoms with Crippen LogP contribution in [-0.4, -0.2) is 18.5 Å². The van der Waals surface area contributed by atoms with Gasteiger partial charge in [0.1, 0.15) is 12.3 Å². The minimum Gasteiger partial charge on any atom is -0.244 e. The fraction of sp³-hybridized carbons (Fsp3) is 1.00. The first-order valence-electron chi connectivity index (χ1n) is 3.22. The molecule has 0 bridgehead atoms. The maximum Gasteiger partial charge on any atom is 0.131 e. The molecular formula is C6H11F2P. The van der Waals surface area contributed by atoms with Crippen LogP contribution in [0, 0.1) is 5.92 Å². The third kappa shape index (κ3) is 1.61. The largest absolute Gasteiger partial charge is 0.244 e. The molecule has 9 heavy (non-hydrogen) atoms. The summed E-state index contributed by atoms with van der Waals surface area (Å²) in [6.07, 6.45) is -0.693. The van der Waals surface area contributed by atoms with Crippen molar-refractivity contribution < 1.29 is 8.78 Å². The highest BCUT2D eigenvalue weighted by Crippen LogP contribution is 2.31. The zero-order chi connectivity index (χ0) is 6.85. The molecule has 1 unspecified atom stereocenters. The van der Waals surface area contributed by atoms with Crippen molar-refractivity contribution in [3.05, 3.63) is 0 Å². The summed E-state index contributed by atoms with van der Waals surface area (Å²) in [6.45, 7) is 0. The van der Waals surface area contributed by atoms with Crippen LogP contribution in [0.1, 0.15) is 12.8 Å². The molecule has 1 aliphatic rings. The maximum atomic E-state index is 12.4. The van der Waals surface area contributed by atoms with Gasteiger partial charge in [0, 0.05) is 0 Å². The van der Waals surface area contributed by atoms with Gasteiger partial charge in [-0.1, -0.05) is 0 Å². The topological polar surface area (TPSA) is 0 Å². The lowest BCUT2D eigenvalue weighted by atomic mass is 10.1. The standard InChI is InChI=1S/C6H11F2P/c7-5-1-4(3-9)2-6(5)8/h4-6H,1-3,9H2/t4-,5+,6-. The van der Waals surface area contributed by atoms with Crippen molar-refractivity contribution in [1.82, 2.24) is 0 Å². The maximum absolute atomic E-state index is 12.4. The lowest BCUT2D eigenvalue weighted by Gasteiger charge is -1.99. The van der Waals surface area contributed by atoms with E-state index >= 15 is 0 Å². The molecular weight excluding hydrogens is 141 g/mol. The van der Waals surface area contributed by atoms with E-state index in [1.54, 1.807) is 0 Å². The second kappa shape index (κ2) is 2.92. The Bertz CT molecular complexity index is 87.1. The highest BCUT2D eigenvalue weighted by atomic mass is 31.0. The monoisotopic (exact) mass is 152 g/mol. The molecule has 0 spiro atoms. The summed E-state index contributed by atoms with van der Waals surface area (Å²) in [5.41, 5.74) is 0. The van der Waals surface area contributed by atoms with Crippen molar-refractivity contribution in [2.75, 3.05) is 6.16 Å². The Kier molecular flexibility index (Phi) is 2.40. The van der Waals surface area contributed by atoms with E-state index in [0.29, 0.717) is 12.8 Å². The van der Waals surface area contributed by atoms with Gasteiger partial charge in [0.15, 0.2) is 0 Å². The Balaban J connectivity index is 2.35. The Labute approximate surface area is 56.2 Å². The van der Waals surface area contributed by atoms with Crippen molar-refractivity contribution in [3.63, 3.8) is 0 Å². The molecule has 0 radical (unpaired) electrons. The summed E-state index contributed by atoms with van der Waals surface area (Å²) in [4.78, 5) is 0. The molecule has 3 heteroatoms.